The van der Waals surface area contributed by atoms with Crippen LogP contribution in [0, 0.1) is 6.92 Å². The van der Waals surface area contributed by atoms with Gasteiger partial charge in [0.05, 0.1) is 5.02 Å². The quantitative estimate of drug-likeness (QED) is 0.524. The lowest BCUT2D eigenvalue weighted by atomic mass is 10.2. The van der Waals surface area contributed by atoms with E-state index in [9.17, 15) is 0 Å². The summed E-state index contributed by atoms with van der Waals surface area (Å²) in [5.74, 6) is 1.69. The number of rotatable bonds is 6. The van der Waals surface area contributed by atoms with Gasteiger partial charge in [0, 0.05) is 10.8 Å². The van der Waals surface area contributed by atoms with E-state index in [1.165, 1.54) is 22.9 Å². The second-order valence-electron chi connectivity index (χ2n) is 5.10. The van der Waals surface area contributed by atoms with Gasteiger partial charge in [-0.05, 0) is 30.7 Å². The lowest BCUT2D eigenvalue weighted by Crippen LogP contribution is -1.96. The van der Waals surface area contributed by atoms with Crippen molar-refractivity contribution in [1.29, 1.82) is 0 Å². The molecule has 2 aromatic carbocycles. The molecule has 7 heteroatoms. The minimum Gasteiger partial charge on any atom is -0.482 e. The Balaban J connectivity index is 1.54. The summed E-state index contributed by atoms with van der Waals surface area (Å²) in [7, 11) is 0. The summed E-state index contributed by atoms with van der Waals surface area (Å²) in [4.78, 5) is 0. The van der Waals surface area contributed by atoms with Crippen LogP contribution in [0.4, 0.5) is 0 Å². The zero-order valence-corrected chi connectivity index (χ0v) is 15.2. The predicted molar refractivity (Wildman–Crippen MR) is 95.8 cm³/mol. The van der Waals surface area contributed by atoms with Crippen LogP contribution in [0.1, 0.15) is 17.0 Å². The second-order valence-corrected chi connectivity index (χ2v) is 6.87. The highest BCUT2D eigenvalue weighted by Gasteiger charge is 2.09. The van der Waals surface area contributed by atoms with Crippen LogP contribution in [0.15, 0.2) is 52.1 Å². The molecule has 24 heavy (non-hydrogen) atoms. The number of thioether (sulfide) groups is 1. The third kappa shape index (κ3) is 4.66. The smallest absolute Gasteiger partial charge is 0.277 e. The van der Waals surface area contributed by atoms with E-state index in [0.717, 1.165) is 5.75 Å². The summed E-state index contributed by atoms with van der Waals surface area (Å²) in [6, 6.07) is 13.4. The van der Waals surface area contributed by atoms with Crippen LogP contribution in [0.3, 0.4) is 0 Å². The second kappa shape index (κ2) is 7.92. The molecule has 0 aliphatic rings. The van der Waals surface area contributed by atoms with Crippen molar-refractivity contribution in [2.24, 2.45) is 0 Å². The first-order valence-electron chi connectivity index (χ1n) is 7.19. The van der Waals surface area contributed by atoms with Crippen molar-refractivity contribution in [3.05, 3.63) is 69.5 Å². The van der Waals surface area contributed by atoms with Crippen molar-refractivity contribution >= 4 is 35.0 Å². The minimum atomic E-state index is 0.152. The van der Waals surface area contributed by atoms with Crippen LogP contribution in [0.25, 0.3) is 0 Å². The number of hydrogen-bond donors (Lipinski definition) is 0. The normalized spacial score (nSPS) is 10.8. The Kier molecular flexibility index (Phi) is 5.66. The monoisotopic (exact) mass is 380 g/mol. The summed E-state index contributed by atoms with van der Waals surface area (Å²) >= 11 is 13.4. The highest BCUT2D eigenvalue weighted by molar-refractivity contribution is 7.98. The summed E-state index contributed by atoms with van der Waals surface area (Å²) in [5.41, 5.74) is 2.44. The van der Waals surface area contributed by atoms with Crippen molar-refractivity contribution in [3.63, 3.8) is 0 Å². The molecule has 3 aromatic rings. The van der Waals surface area contributed by atoms with Crippen molar-refractivity contribution < 1.29 is 9.15 Å². The first-order valence-corrected chi connectivity index (χ1v) is 8.93. The van der Waals surface area contributed by atoms with Crippen LogP contribution in [0.2, 0.25) is 10.0 Å². The number of benzene rings is 2. The lowest BCUT2D eigenvalue weighted by Gasteiger charge is -2.05. The molecule has 124 valence electrons. The Bertz CT molecular complexity index is 822. The third-order valence-corrected chi connectivity index (χ3v) is 4.60. The molecule has 4 nitrogen and oxygen atoms in total. The van der Waals surface area contributed by atoms with Crippen LogP contribution in [-0.2, 0) is 12.4 Å². The first kappa shape index (κ1) is 17.1. The number of hydrogen-bond acceptors (Lipinski definition) is 5. The van der Waals surface area contributed by atoms with E-state index in [4.69, 9.17) is 32.4 Å². The maximum absolute atomic E-state index is 6.05. The maximum atomic E-state index is 6.05. The van der Waals surface area contributed by atoms with E-state index >= 15 is 0 Å². The van der Waals surface area contributed by atoms with Crippen LogP contribution >= 0.6 is 35.0 Å². The fourth-order valence-electron chi connectivity index (χ4n) is 1.92. The summed E-state index contributed by atoms with van der Waals surface area (Å²) in [6.07, 6.45) is 0. The predicted octanol–water partition coefficient (Wildman–Crippen LogP) is 5.56. The molecule has 0 radical (unpaired) electrons. The molecule has 0 fully saturated rings. The van der Waals surface area contributed by atoms with Gasteiger partial charge in [0.15, 0.2) is 6.61 Å². The molecule has 0 amide bonds. The van der Waals surface area contributed by atoms with Crippen LogP contribution in [-0.4, -0.2) is 10.2 Å². The van der Waals surface area contributed by atoms with Crippen molar-refractivity contribution in [3.8, 4) is 5.75 Å². The topological polar surface area (TPSA) is 48.2 Å². The SMILES string of the molecule is Cc1ccc(CSc2nnc(COc3ccc(Cl)cc3Cl)o2)cc1. The standard InChI is InChI=1S/C17H14Cl2N2O2S/c1-11-2-4-12(5-3-11)10-24-17-21-20-16(23-17)9-22-15-7-6-13(18)8-14(15)19/h2-8H,9-10H2,1H3. The number of aromatic nitrogens is 2. The van der Waals surface area contributed by atoms with E-state index < -0.39 is 0 Å². The Morgan fingerprint density at radius 3 is 2.62 bits per heavy atom. The van der Waals surface area contributed by atoms with Gasteiger partial charge in [-0.3, -0.25) is 0 Å². The molecule has 0 bridgehead atoms. The van der Waals surface area contributed by atoms with Gasteiger partial charge in [-0.25, -0.2) is 0 Å². The molecular weight excluding hydrogens is 367 g/mol. The van der Waals surface area contributed by atoms with Gasteiger partial charge in [-0.2, -0.15) is 0 Å². The number of halogens is 2. The Morgan fingerprint density at radius 1 is 1.08 bits per heavy atom. The highest BCUT2D eigenvalue weighted by Crippen LogP contribution is 2.28. The molecule has 0 aliphatic carbocycles. The molecule has 0 N–H and O–H groups in total. The van der Waals surface area contributed by atoms with Crippen molar-refractivity contribution in [1.82, 2.24) is 10.2 Å². The number of ether oxygens (including phenoxy) is 1. The average Bonchev–Trinajstić information content (AvgIpc) is 3.01. The molecule has 3 rings (SSSR count). The molecule has 1 aromatic heterocycles. The van der Waals surface area contributed by atoms with Crippen molar-refractivity contribution in [2.45, 2.75) is 24.5 Å². The highest BCUT2D eigenvalue weighted by atomic mass is 35.5. The summed E-state index contributed by atoms with van der Waals surface area (Å²) in [6.45, 7) is 2.22. The van der Waals surface area contributed by atoms with E-state index in [1.54, 1.807) is 18.2 Å². The van der Waals surface area contributed by atoms with Gasteiger partial charge >= 0.3 is 0 Å². The molecule has 0 atom stereocenters. The summed E-state index contributed by atoms with van der Waals surface area (Å²) < 4.78 is 11.1. The first-order chi connectivity index (χ1) is 11.6. The molecule has 0 saturated heterocycles. The van der Waals surface area contributed by atoms with E-state index in [1.807, 2.05) is 0 Å². The maximum Gasteiger partial charge on any atom is 0.277 e. The molecular formula is C17H14Cl2N2O2S. The van der Waals surface area contributed by atoms with Crippen LogP contribution < -0.4 is 4.74 Å². The van der Waals surface area contributed by atoms with Gasteiger partial charge < -0.3 is 9.15 Å². The van der Waals surface area contributed by atoms with Crippen molar-refractivity contribution in [2.75, 3.05) is 0 Å². The van der Waals surface area contributed by atoms with Crippen LogP contribution in [0.5, 0.6) is 5.75 Å². The lowest BCUT2D eigenvalue weighted by molar-refractivity contribution is 0.252. The van der Waals surface area contributed by atoms with Gasteiger partial charge in [0.25, 0.3) is 11.1 Å². The number of nitrogens with zero attached hydrogens (tertiary/aromatic N) is 2. The number of aryl methyl sites for hydroxylation is 1. The Labute approximate surface area is 154 Å². The summed E-state index contributed by atoms with van der Waals surface area (Å²) in [5, 5.41) is 9.49. The fraction of sp³-hybridized carbons (Fsp3) is 0.176. The van der Waals surface area contributed by atoms with E-state index in [-0.39, 0.29) is 6.61 Å². The third-order valence-electron chi connectivity index (χ3n) is 3.18. The molecule has 1 heterocycles. The fourth-order valence-corrected chi connectivity index (χ4v) is 3.12. The van der Waals surface area contributed by atoms with Gasteiger partial charge in [0.1, 0.15) is 5.75 Å². The zero-order valence-electron chi connectivity index (χ0n) is 12.8. The van der Waals surface area contributed by atoms with Gasteiger partial charge in [-0.1, -0.05) is 64.8 Å². The van der Waals surface area contributed by atoms with Gasteiger partial charge in [-0.15, -0.1) is 10.2 Å². The zero-order chi connectivity index (χ0) is 16.9. The largest absolute Gasteiger partial charge is 0.482 e. The van der Waals surface area contributed by atoms with Gasteiger partial charge in [0.2, 0.25) is 0 Å². The molecule has 0 unspecified atom stereocenters. The van der Waals surface area contributed by atoms with E-state index in [0.29, 0.717) is 26.9 Å². The van der Waals surface area contributed by atoms with E-state index in [2.05, 4.69) is 41.4 Å². The molecule has 0 spiro atoms. The Morgan fingerprint density at radius 2 is 1.88 bits per heavy atom. The molecule has 0 saturated carbocycles. The molecule has 0 aliphatic heterocycles. The minimum absolute atomic E-state index is 0.152. The Hall–Kier alpha value is -1.69. The average molecular weight is 381 g/mol.